The second-order valence-electron chi connectivity index (χ2n) is 6.33. The molecule has 3 aromatic rings. The van der Waals surface area contributed by atoms with Crippen LogP contribution in [0.5, 0.6) is 5.75 Å². The average Bonchev–Trinajstić information content (AvgIpc) is 3.15. The van der Waals surface area contributed by atoms with Crippen LogP contribution in [-0.4, -0.2) is 22.5 Å². The topological polar surface area (TPSA) is 64.1 Å². The van der Waals surface area contributed by atoms with Crippen LogP contribution in [0.25, 0.3) is 10.6 Å². The van der Waals surface area contributed by atoms with Crippen LogP contribution in [0.2, 0.25) is 0 Å². The summed E-state index contributed by atoms with van der Waals surface area (Å²) in [7, 11) is 0. The lowest BCUT2D eigenvalue weighted by Gasteiger charge is -2.11. The Morgan fingerprint density at radius 1 is 1.15 bits per heavy atom. The molecule has 3 rings (SSSR count). The monoisotopic (exact) mass is 381 g/mol. The minimum Gasteiger partial charge on any atom is -0.493 e. The standard InChI is InChI=1S/C21H23N3O2S/c1-15-5-3-6-16(2)20(15)26-12-4-7-19(25)23-13-18-14-27-21(24-18)17-8-10-22-11-9-17/h3,5-6,8-11,14H,4,7,12-13H2,1-2H3,(H,23,25). The van der Waals surface area contributed by atoms with Crippen molar-refractivity contribution in [3.8, 4) is 16.3 Å². The number of aryl methyl sites for hydroxylation is 2. The maximum Gasteiger partial charge on any atom is 0.220 e. The summed E-state index contributed by atoms with van der Waals surface area (Å²) >= 11 is 1.57. The van der Waals surface area contributed by atoms with Gasteiger partial charge in [0.1, 0.15) is 10.8 Å². The van der Waals surface area contributed by atoms with E-state index in [4.69, 9.17) is 4.74 Å². The first-order chi connectivity index (χ1) is 13.1. The fraction of sp³-hybridized carbons (Fsp3) is 0.286. The van der Waals surface area contributed by atoms with E-state index in [2.05, 4.69) is 15.3 Å². The third-order valence-electron chi connectivity index (χ3n) is 4.15. The molecule has 0 fully saturated rings. The Balaban J connectivity index is 1.40. The van der Waals surface area contributed by atoms with Crippen LogP contribution >= 0.6 is 11.3 Å². The van der Waals surface area contributed by atoms with E-state index in [0.717, 1.165) is 33.1 Å². The van der Waals surface area contributed by atoms with Gasteiger partial charge < -0.3 is 10.1 Å². The molecular formula is C21H23N3O2S. The summed E-state index contributed by atoms with van der Waals surface area (Å²) < 4.78 is 5.84. The molecule has 0 spiro atoms. The molecule has 0 saturated heterocycles. The summed E-state index contributed by atoms with van der Waals surface area (Å²) in [6.45, 7) is 5.03. The molecule has 1 N–H and O–H groups in total. The van der Waals surface area contributed by atoms with Crippen LogP contribution in [0, 0.1) is 13.8 Å². The van der Waals surface area contributed by atoms with Gasteiger partial charge in [-0.2, -0.15) is 0 Å². The van der Waals surface area contributed by atoms with Crippen LogP contribution in [0.1, 0.15) is 29.7 Å². The third-order valence-corrected chi connectivity index (χ3v) is 5.09. The summed E-state index contributed by atoms with van der Waals surface area (Å²) in [5.74, 6) is 0.933. The number of nitrogens with zero attached hydrogens (tertiary/aromatic N) is 2. The smallest absolute Gasteiger partial charge is 0.220 e. The van der Waals surface area contributed by atoms with Crippen molar-refractivity contribution < 1.29 is 9.53 Å². The van der Waals surface area contributed by atoms with Gasteiger partial charge in [0.2, 0.25) is 5.91 Å². The SMILES string of the molecule is Cc1cccc(C)c1OCCCC(=O)NCc1csc(-c2ccncc2)n1. The van der Waals surface area contributed by atoms with E-state index in [-0.39, 0.29) is 5.91 Å². The van der Waals surface area contributed by atoms with E-state index in [1.165, 1.54) is 0 Å². The molecule has 0 bridgehead atoms. The maximum atomic E-state index is 12.0. The summed E-state index contributed by atoms with van der Waals surface area (Å²) in [6.07, 6.45) is 4.61. The predicted octanol–water partition coefficient (Wildman–Crippen LogP) is 4.30. The zero-order valence-electron chi connectivity index (χ0n) is 15.6. The van der Waals surface area contributed by atoms with E-state index in [9.17, 15) is 4.79 Å². The number of hydrogen-bond donors (Lipinski definition) is 1. The van der Waals surface area contributed by atoms with Crippen molar-refractivity contribution >= 4 is 17.2 Å². The first-order valence-electron chi connectivity index (χ1n) is 8.94. The minimum absolute atomic E-state index is 0.0126. The van der Waals surface area contributed by atoms with Crippen LogP contribution in [0.15, 0.2) is 48.1 Å². The number of carbonyl (C=O) groups excluding carboxylic acids is 1. The second-order valence-corrected chi connectivity index (χ2v) is 7.19. The zero-order valence-corrected chi connectivity index (χ0v) is 16.4. The highest BCUT2D eigenvalue weighted by Gasteiger charge is 2.07. The average molecular weight is 382 g/mol. The van der Waals surface area contributed by atoms with Crippen LogP contribution in [0.4, 0.5) is 0 Å². The Bertz CT molecular complexity index is 873. The molecule has 2 heterocycles. The van der Waals surface area contributed by atoms with Crippen molar-refractivity contribution in [3.05, 3.63) is 64.9 Å². The van der Waals surface area contributed by atoms with E-state index in [0.29, 0.717) is 26.0 Å². The zero-order chi connectivity index (χ0) is 19.1. The molecular weight excluding hydrogens is 358 g/mol. The first-order valence-corrected chi connectivity index (χ1v) is 9.82. The Hall–Kier alpha value is -2.73. The lowest BCUT2D eigenvalue weighted by molar-refractivity contribution is -0.121. The molecule has 6 heteroatoms. The second kappa shape index (κ2) is 9.28. The summed E-state index contributed by atoms with van der Waals surface area (Å²) in [5, 5.41) is 5.83. The largest absolute Gasteiger partial charge is 0.493 e. The number of hydrogen-bond acceptors (Lipinski definition) is 5. The van der Waals surface area contributed by atoms with Crippen molar-refractivity contribution in [1.82, 2.24) is 15.3 Å². The summed E-state index contributed by atoms with van der Waals surface area (Å²) in [4.78, 5) is 20.6. The molecule has 0 aliphatic heterocycles. The number of para-hydroxylation sites is 1. The fourth-order valence-corrected chi connectivity index (χ4v) is 3.55. The molecule has 2 aromatic heterocycles. The Kier molecular flexibility index (Phi) is 6.54. The molecule has 1 aromatic carbocycles. The van der Waals surface area contributed by atoms with Crippen molar-refractivity contribution in [2.45, 2.75) is 33.2 Å². The van der Waals surface area contributed by atoms with Crippen LogP contribution < -0.4 is 10.1 Å². The number of aromatic nitrogens is 2. The number of pyridine rings is 1. The molecule has 0 atom stereocenters. The number of carbonyl (C=O) groups is 1. The van der Waals surface area contributed by atoms with E-state index < -0.39 is 0 Å². The molecule has 0 radical (unpaired) electrons. The fourth-order valence-electron chi connectivity index (χ4n) is 2.73. The van der Waals surface area contributed by atoms with Gasteiger partial charge in [0.15, 0.2) is 0 Å². The molecule has 0 aliphatic rings. The van der Waals surface area contributed by atoms with E-state index in [1.807, 2.05) is 49.6 Å². The van der Waals surface area contributed by atoms with Gasteiger partial charge in [-0.05, 0) is 43.5 Å². The number of benzene rings is 1. The molecule has 0 unspecified atom stereocenters. The number of nitrogens with one attached hydrogen (secondary N) is 1. The van der Waals surface area contributed by atoms with Crippen molar-refractivity contribution in [2.75, 3.05) is 6.61 Å². The van der Waals surface area contributed by atoms with Crippen molar-refractivity contribution in [1.29, 1.82) is 0 Å². The molecule has 27 heavy (non-hydrogen) atoms. The number of ether oxygens (including phenoxy) is 1. The quantitative estimate of drug-likeness (QED) is 0.591. The van der Waals surface area contributed by atoms with Gasteiger partial charge >= 0.3 is 0 Å². The Morgan fingerprint density at radius 3 is 2.63 bits per heavy atom. The van der Waals surface area contributed by atoms with Gasteiger partial charge in [0.05, 0.1) is 18.8 Å². The molecule has 1 amide bonds. The molecule has 140 valence electrons. The van der Waals surface area contributed by atoms with Crippen LogP contribution in [-0.2, 0) is 11.3 Å². The highest BCUT2D eigenvalue weighted by molar-refractivity contribution is 7.13. The first kappa shape index (κ1) is 19.0. The van der Waals surface area contributed by atoms with Gasteiger partial charge in [-0.3, -0.25) is 9.78 Å². The van der Waals surface area contributed by atoms with Gasteiger partial charge in [0.25, 0.3) is 0 Å². The number of thiazole rings is 1. The Morgan fingerprint density at radius 2 is 1.89 bits per heavy atom. The van der Waals surface area contributed by atoms with Gasteiger partial charge in [-0.25, -0.2) is 4.98 Å². The highest BCUT2D eigenvalue weighted by atomic mass is 32.1. The van der Waals surface area contributed by atoms with Crippen molar-refractivity contribution in [2.24, 2.45) is 0 Å². The summed E-state index contributed by atoms with van der Waals surface area (Å²) in [6, 6.07) is 9.94. The van der Waals surface area contributed by atoms with Gasteiger partial charge in [-0.1, -0.05) is 18.2 Å². The van der Waals surface area contributed by atoms with Crippen molar-refractivity contribution in [3.63, 3.8) is 0 Å². The minimum atomic E-state index is 0.0126. The number of rotatable bonds is 8. The van der Waals surface area contributed by atoms with E-state index in [1.54, 1.807) is 23.7 Å². The molecule has 5 nitrogen and oxygen atoms in total. The molecule has 0 aliphatic carbocycles. The van der Waals surface area contributed by atoms with Gasteiger partial charge in [0, 0.05) is 29.8 Å². The lowest BCUT2D eigenvalue weighted by Crippen LogP contribution is -2.23. The Labute approximate surface area is 163 Å². The number of amides is 1. The van der Waals surface area contributed by atoms with Crippen LogP contribution in [0.3, 0.4) is 0 Å². The normalized spacial score (nSPS) is 10.6. The van der Waals surface area contributed by atoms with Gasteiger partial charge in [-0.15, -0.1) is 11.3 Å². The predicted molar refractivity (Wildman–Crippen MR) is 108 cm³/mol. The third kappa shape index (κ3) is 5.37. The maximum absolute atomic E-state index is 12.0. The summed E-state index contributed by atoms with van der Waals surface area (Å²) in [5.41, 5.74) is 4.14. The molecule has 0 saturated carbocycles. The highest BCUT2D eigenvalue weighted by Crippen LogP contribution is 2.23. The van der Waals surface area contributed by atoms with E-state index >= 15 is 0 Å². The lowest BCUT2D eigenvalue weighted by atomic mass is 10.1.